The van der Waals surface area contributed by atoms with E-state index in [-0.39, 0.29) is 0 Å². The molecule has 0 aliphatic heterocycles. The minimum atomic E-state index is 0.746. The number of hydrogen-bond donors (Lipinski definition) is 0. The van der Waals surface area contributed by atoms with E-state index in [0.29, 0.717) is 0 Å². The van der Waals surface area contributed by atoms with Crippen molar-refractivity contribution in [3.63, 3.8) is 0 Å². The minimum Gasteiger partial charge on any atom is -0.497 e. The maximum Gasteiger partial charge on any atom is 0.119 e. The van der Waals surface area contributed by atoms with Crippen LogP contribution in [-0.2, 0) is 6.54 Å². The largest absolute Gasteiger partial charge is 0.497 e. The Kier molecular flexibility index (Phi) is 5.47. The highest BCUT2D eigenvalue weighted by Crippen LogP contribution is 2.32. The second-order valence-corrected chi connectivity index (χ2v) is 6.58. The molecule has 2 rings (SSSR count). The first kappa shape index (κ1) is 15.4. The normalized spacial score (nSPS) is 23.3. The summed E-state index contributed by atoms with van der Waals surface area (Å²) in [5, 5.41) is 0. The molecule has 0 amide bonds. The number of methoxy groups -OCH3 is 1. The topological polar surface area (TPSA) is 12.5 Å². The van der Waals surface area contributed by atoms with E-state index in [2.05, 4.69) is 44.0 Å². The molecule has 0 saturated heterocycles. The lowest BCUT2D eigenvalue weighted by atomic mass is 9.79. The van der Waals surface area contributed by atoms with Crippen molar-refractivity contribution >= 4 is 0 Å². The lowest BCUT2D eigenvalue weighted by molar-refractivity contribution is 0.142. The van der Waals surface area contributed by atoms with Gasteiger partial charge in [0.15, 0.2) is 0 Å². The van der Waals surface area contributed by atoms with Gasteiger partial charge in [-0.15, -0.1) is 0 Å². The van der Waals surface area contributed by atoms with Crippen LogP contribution in [0.3, 0.4) is 0 Å². The summed E-state index contributed by atoms with van der Waals surface area (Å²) in [7, 11) is 4.00. The second-order valence-electron chi connectivity index (χ2n) is 6.58. The zero-order valence-electron chi connectivity index (χ0n) is 13.4. The van der Waals surface area contributed by atoms with Crippen LogP contribution in [0.1, 0.15) is 45.1 Å². The fourth-order valence-electron chi connectivity index (χ4n) is 3.40. The van der Waals surface area contributed by atoms with E-state index >= 15 is 0 Å². The van der Waals surface area contributed by atoms with Gasteiger partial charge in [-0.25, -0.2) is 0 Å². The molecule has 2 nitrogen and oxygen atoms in total. The number of nitrogens with zero attached hydrogens (tertiary/aromatic N) is 1. The molecular formula is C18H29NO. The third-order valence-electron chi connectivity index (χ3n) is 4.87. The predicted molar refractivity (Wildman–Crippen MR) is 85.0 cm³/mol. The maximum atomic E-state index is 5.30. The van der Waals surface area contributed by atoms with Crippen LogP contribution >= 0.6 is 0 Å². The Hall–Kier alpha value is -1.02. The lowest BCUT2D eigenvalue weighted by Gasteiger charge is -2.36. The number of hydrogen-bond acceptors (Lipinski definition) is 2. The molecule has 20 heavy (non-hydrogen) atoms. The Labute approximate surface area is 124 Å². The number of ether oxygens (including phenoxy) is 1. The lowest BCUT2D eigenvalue weighted by Crippen LogP contribution is -2.35. The highest BCUT2D eigenvalue weighted by molar-refractivity contribution is 5.28. The van der Waals surface area contributed by atoms with Crippen molar-refractivity contribution < 1.29 is 4.74 Å². The Morgan fingerprint density at radius 1 is 1.20 bits per heavy atom. The summed E-state index contributed by atoms with van der Waals surface area (Å²) in [6.45, 7) is 5.75. The van der Waals surface area contributed by atoms with Crippen molar-refractivity contribution in [3.05, 3.63) is 29.8 Å². The maximum absolute atomic E-state index is 5.30. The van der Waals surface area contributed by atoms with E-state index < -0.39 is 0 Å². The first-order valence-electron chi connectivity index (χ1n) is 7.93. The molecule has 112 valence electrons. The van der Waals surface area contributed by atoms with Gasteiger partial charge in [0.25, 0.3) is 0 Å². The summed E-state index contributed by atoms with van der Waals surface area (Å²) in [4.78, 5) is 2.52. The average molecular weight is 275 g/mol. The van der Waals surface area contributed by atoms with E-state index in [1.807, 2.05) is 6.07 Å². The Bertz CT molecular complexity index is 408. The summed E-state index contributed by atoms with van der Waals surface area (Å²) in [6, 6.07) is 9.18. The highest BCUT2D eigenvalue weighted by atomic mass is 16.5. The van der Waals surface area contributed by atoms with Gasteiger partial charge in [0.05, 0.1) is 7.11 Å². The minimum absolute atomic E-state index is 0.746. The standard InChI is InChI=1S/C18H29NO/c1-14(2)16-8-10-17(11-9-16)19(3)13-15-6-5-7-18(12-15)20-4/h5-7,12,14,16-17H,8-11,13H2,1-4H3/t16-,17+. The van der Waals surface area contributed by atoms with Crippen LogP contribution in [0.15, 0.2) is 24.3 Å². The third-order valence-corrected chi connectivity index (χ3v) is 4.87. The molecule has 1 fully saturated rings. The van der Waals surface area contributed by atoms with Crippen molar-refractivity contribution in [2.75, 3.05) is 14.2 Å². The van der Waals surface area contributed by atoms with E-state index in [4.69, 9.17) is 4.74 Å². The predicted octanol–water partition coefficient (Wildman–Crippen LogP) is 4.34. The van der Waals surface area contributed by atoms with Crippen molar-refractivity contribution in [2.45, 2.75) is 52.1 Å². The van der Waals surface area contributed by atoms with Gasteiger partial charge in [-0.05, 0) is 62.3 Å². The Morgan fingerprint density at radius 2 is 1.90 bits per heavy atom. The van der Waals surface area contributed by atoms with Crippen LogP contribution in [0.5, 0.6) is 5.75 Å². The molecule has 0 aromatic heterocycles. The summed E-state index contributed by atoms with van der Waals surface area (Å²) in [6.07, 6.45) is 5.49. The molecule has 1 aromatic carbocycles. The summed E-state index contributed by atoms with van der Waals surface area (Å²) in [5.41, 5.74) is 1.35. The van der Waals surface area contributed by atoms with Crippen molar-refractivity contribution in [1.82, 2.24) is 4.90 Å². The van der Waals surface area contributed by atoms with E-state index in [1.165, 1.54) is 31.2 Å². The summed E-state index contributed by atoms with van der Waals surface area (Å²) in [5.74, 6) is 2.75. The van der Waals surface area contributed by atoms with Crippen molar-refractivity contribution in [3.8, 4) is 5.75 Å². The molecule has 1 aliphatic rings. The zero-order valence-corrected chi connectivity index (χ0v) is 13.4. The van der Waals surface area contributed by atoms with Crippen LogP contribution in [0.2, 0.25) is 0 Å². The monoisotopic (exact) mass is 275 g/mol. The van der Waals surface area contributed by atoms with Crippen LogP contribution in [0.25, 0.3) is 0 Å². The fourth-order valence-corrected chi connectivity index (χ4v) is 3.40. The van der Waals surface area contributed by atoms with Gasteiger partial charge < -0.3 is 4.74 Å². The van der Waals surface area contributed by atoms with Crippen molar-refractivity contribution in [1.29, 1.82) is 0 Å². The first-order valence-corrected chi connectivity index (χ1v) is 7.93. The molecule has 1 saturated carbocycles. The van der Waals surface area contributed by atoms with Gasteiger partial charge >= 0.3 is 0 Å². The van der Waals surface area contributed by atoms with Gasteiger partial charge in [0.1, 0.15) is 5.75 Å². The number of benzene rings is 1. The van der Waals surface area contributed by atoms with Gasteiger partial charge in [0.2, 0.25) is 0 Å². The molecular weight excluding hydrogens is 246 g/mol. The van der Waals surface area contributed by atoms with Crippen LogP contribution < -0.4 is 4.74 Å². The van der Waals surface area contributed by atoms with Crippen LogP contribution in [-0.4, -0.2) is 25.1 Å². The van der Waals surface area contributed by atoms with Gasteiger partial charge in [-0.2, -0.15) is 0 Å². The molecule has 1 aromatic rings. The van der Waals surface area contributed by atoms with E-state index in [1.54, 1.807) is 7.11 Å². The molecule has 0 atom stereocenters. The molecule has 2 heteroatoms. The van der Waals surface area contributed by atoms with Crippen LogP contribution in [0.4, 0.5) is 0 Å². The smallest absolute Gasteiger partial charge is 0.119 e. The van der Waals surface area contributed by atoms with Crippen molar-refractivity contribution in [2.24, 2.45) is 11.8 Å². The molecule has 0 bridgehead atoms. The first-order chi connectivity index (χ1) is 9.60. The summed E-state index contributed by atoms with van der Waals surface area (Å²) < 4.78 is 5.30. The van der Waals surface area contributed by atoms with Gasteiger partial charge in [0, 0.05) is 12.6 Å². The second kappa shape index (κ2) is 7.12. The molecule has 0 N–H and O–H groups in total. The third kappa shape index (κ3) is 3.99. The van der Waals surface area contributed by atoms with E-state index in [0.717, 1.165) is 30.2 Å². The SMILES string of the molecule is COc1cccc(CN(C)[C@H]2CC[C@@H](C(C)C)CC2)c1. The molecule has 1 aliphatic carbocycles. The van der Waals surface area contributed by atoms with E-state index in [9.17, 15) is 0 Å². The zero-order chi connectivity index (χ0) is 14.5. The average Bonchev–Trinajstić information content (AvgIpc) is 2.47. The summed E-state index contributed by atoms with van der Waals surface area (Å²) >= 11 is 0. The molecule has 0 spiro atoms. The molecule has 0 radical (unpaired) electrons. The van der Waals surface area contributed by atoms with Crippen LogP contribution in [0, 0.1) is 11.8 Å². The number of rotatable bonds is 5. The Morgan fingerprint density at radius 3 is 2.50 bits per heavy atom. The highest BCUT2D eigenvalue weighted by Gasteiger charge is 2.25. The molecule has 0 heterocycles. The molecule has 0 unspecified atom stereocenters. The fraction of sp³-hybridized carbons (Fsp3) is 0.667. The quantitative estimate of drug-likeness (QED) is 0.792. The van der Waals surface area contributed by atoms with Gasteiger partial charge in [-0.1, -0.05) is 26.0 Å². The Balaban J connectivity index is 1.87. The van der Waals surface area contributed by atoms with Gasteiger partial charge in [-0.3, -0.25) is 4.90 Å².